The van der Waals surface area contributed by atoms with E-state index in [2.05, 4.69) is 4.72 Å². The van der Waals surface area contributed by atoms with Gasteiger partial charge in [0.1, 0.15) is 0 Å². The van der Waals surface area contributed by atoms with Crippen LogP contribution in [0.4, 0.5) is 0 Å². The molecule has 1 aliphatic carbocycles. The molecule has 1 saturated heterocycles. The summed E-state index contributed by atoms with van der Waals surface area (Å²) in [5.41, 5.74) is 0.570. The van der Waals surface area contributed by atoms with Gasteiger partial charge in [-0.25, -0.2) is 13.1 Å². The molecule has 2 aliphatic rings. The van der Waals surface area contributed by atoms with Crippen LogP contribution < -0.4 is 4.72 Å². The minimum Gasteiger partial charge on any atom is -0.342 e. The number of likely N-dealkylation sites (tertiary alicyclic amines) is 1. The van der Waals surface area contributed by atoms with E-state index in [1.165, 1.54) is 31.0 Å². The van der Waals surface area contributed by atoms with Gasteiger partial charge < -0.3 is 9.80 Å². The Kier molecular flexibility index (Phi) is 8.41. The van der Waals surface area contributed by atoms with E-state index in [1.807, 2.05) is 30.1 Å². The molecule has 2 fully saturated rings. The smallest absolute Gasteiger partial charge is 0.255 e. The molecule has 1 N–H and O–H groups in total. The zero-order chi connectivity index (χ0) is 22.4. The lowest BCUT2D eigenvalue weighted by atomic mass is 9.94. The third kappa shape index (κ3) is 6.95. The number of sulfonamides is 1. The van der Waals surface area contributed by atoms with Crippen LogP contribution in [0.2, 0.25) is 0 Å². The highest BCUT2D eigenvalue weighted by Gasteiger charge is 2.28. The summed E-state index contributed by atoms with van der Waals surface area (Å²) in [6, 6.07) is 7.42. The number of nitrogens with one attached hydrogen (secondary N) is 1. The summed E-state index contributed by atoms with van der Waals surface area (Å²) in [6.45, 7) is 0.956. The second-order valence-corrected chi connectivity index (χ2v) is 11.4. The predicted molar refractivity (Wildman–Crippen MR) is 124 cm³/mol. The number of amides is 2. The van der Waals surface area contributed by atoms with Crippen molar-refractivity contribution in [2.75, 3.05) is 32.1 Å². The molecule has 0 bridgehead atoms. The minimum atomic E-state index is -3.32. The van der Waals surface area contributed by atoms with Crippen LogP contribution in [0.15, 0.2) is 29.2 Å². The van der Waals surface area contributed by atoms with Gasteiger partial charge in [-0.2, -0.15) is 0 Å². The summed E-state index contributed by atoms with van der Waals surface area (Å²) < 4.78 is 25.7. The molecule has 1 aromatic carbocycles. The Morgan fingerprint density at radius 1 is 1.13 bits per heavy atom. The second-order valence-electron chi connectivity index (χ2n) is 8.56. The molecule has 1 atom stereocenters. The lowest BCUT2D eigenvalue weighted by Crippen LogP contribution is -2.49. The largest absolute Gasteiger partial charge is 0.342 e. The number of piperidine rings is 1. The van der Waals surface area contributed by atoms with Crippen molar-refractivity contribution in [3.05, 3.63) is 29.8 Å². The first-order valence-corrected chi connectivity index (χ1v) is 13.9. The van der Waals surface area contributed by atoms with Crippen molar-refractivity contribution in [1.82, 2.24) is 14.5 Å². The van der Waals surface area contributed by atoms with Crippen molar-refractivity contribution in [3.8, 4) is 0 Å². The van der Waals surface area contributed by atoms with Crippen LogP contribution in [0, 0.1) is 0 Å². The molecular formula is C22H33N3O4S2. The van der Waals surface area contributed by atoms with Crippen molar-refractivity contribution in [3.63, 3.8) is 0 Å². The highest BCUT2D eigenvalue weighted by Crippen LogP contribution is 2.27. The SMILES string of the molecule is CN(C(=O)CSc1ccccc1C(=O)N1CCCC(NS(C)(=O)=O)C1)C1CCCCC1. The standard InChI is InChI=1S/C22H33N3O4S2/c1-24(18-10-4-3-5-11-18)21(26)16-30-20-13-7-6-12-19(20)22(27)25-14-8-9-17(15-25)23-31(2,28)29/h6-7,12-13,17-18,23H,3-5,8-11,14-16H2,1-2H3. The van der Waals surface area contributed by atoms with Gasteiger partial charge >= 0.3 is 0 Å². The van der Waals surface area contributed by atoms with E-state index < -0.39 is 10.0 Å². The van der Waals surface area contributed by atoms with Gasteiger partial charge in [0.05, 0.1) is 17.6 Å². The molecule has 1 unspecified atom stereocenters. The van der Waals surface area contributed by atoms with Gasteiger partial charge in [0.25, 0.3) is 5.91 Å². The van der Waals surface area contributed by atoms with Gasteiger partial charge in [-0.15, -0.1) is 11.8 Å². The fraction of sp³-hybridized carbons (Fsp3) is 0.636. The average molecular weight is 468 g/mol. The Morgan fingerprint density at radius 2 is 1.84 bits per heavy atom. The minimum absolute atomic E-state index is 0.0922. The number of carbonyl (C=O) groups excluding carboxylic acids is 2. The van der Waals surface area contributed by atoms with Crippen molar-refractivity contribution in [1.29, 1.82) is 0 Å². The Hall–Kier alpha value is -1.58. The maximum absolute atomic E-state index is 13.2. The number of rotatable bonds is 7. The van der Waals surface area contributed by atoms with Crippen LogP contribution >= 0.6 is 11.8 Å². The summed E-state index contributed by atoms with van der Waals surface area (Å²) in [6.07, 6.45) is 8.35. The fourth-order valence-corrected chi connectivity index (χ4v) is 6.18. The first kappa shape index (κ1) is 24.1. The highest BCUT2D eigenvalue weighted by molar-refractivity contribution is 8.00. The molecule has 0 aromatic heterocycles. The van der Waals surface area contributed by atoms with Crippen LogP contribution in [0.1, 0.15) is 55.3 Å². The first-order chi connectivity index (χ1) is 14.7. The van der Waals surface area contributed by atoms with Gasteiger partial charge in [-0.05, 0) is 37.8 Å². The molecule has 1 aromatic rings. The molecule has 2 amide bonds. The van der Waals surface area contributed by atoms with E-state index >= 15 is 0 Å². The molecule has 9 heteroatoms. The van der Waals surface area contributed by atoms with Gasteiger partial charge in [0.15, 0.2) is 0 Å². The van der Waals surface area contributed by atoms with E-state index in [-0.39, 0.29) is 17.9 Å². The number of hydrogen-bond donors (Lipinski definition) is 1. The molecule has 31 heavy (non-hydrogen) atoms. The zero-order valence-corrected chi connectivity index (χ0v) is 20.0. The van der Waals surface area contributed by atoms with Crippen molar-refractivity contribution in [2.24, 2.45) is 0 Å². The Morgan fingerprint density at radius 3 is 2.55 bits per heavy atom. The molecule has 0 radical (unpaired) electrons. The maximum atomic E-state index is 13.2. The molecule has 0 spiro atoms. The molecule has 1 saturated carbocycles. The summed E-state index contributed by atoms with van der Waals surface area (Å²) in [5, 5.41) is 0. The molecule has 3 rings (SSSR count). The van der Waals surface area contributed by atoms with Crippen molar-refractivity contribution < 1.29 is 18.0 Å². The first-order valence-electron chi connectivity index (χ1n) is 11.0. The van der Waals surface area contributed by atoms with E-state index in [9.17, 15) is 18.0 Å². The van der Waals surface area contributed by atoms with Crippen molar-refractivity contribution in [2.45, 2.75) is 61.9 Å². The molecule has 1 aliphatic heterocycles. The third-order valence-corrected chi connectivity index (χ3v) is 7.89. The second kappa shape index (κ2) is 10.8. The zero-order valence-electron chi connectivity index (χ0n) is 18.4. The van der Waals surface area contributed by atoms with E-state index in [4.69, 9.17) is 0 Å². The highest BCUT2D eigenvalue weighted by atomic mass is 32.2. The maximum Gasteiger partial charge on any atom is 0.255 e. The molecule has 172 valence electrons. The van der Waals surface area contributed by atoms with Crippen LogP contribution in [-0.4, -0.2) is 74.3 Å². The fourth-order valence-electron chi connectivity index (χ4n) is 4.41. The summed E-state index contributed by atoms with van der Waals surface area (Å²) in [4.78, 5) is 30.3. The Labute approximate surface area is 190 Å². The lowest BCUT2D eigenvalue weighted by molar-refractivity contribution is -0.129. The van der Waals surface area contributed by atoms with E-state index in [1.54, 1.807) is 11.0 Å². The topological polar surface area (TPSA) is 86.8 Å². The number of nitrogens with zero attached hydrogens (tertiary/aromatic N) is 2. The molecule has 1 heterocycles. The number of benzene rings is 1. The number of hydrogen-bond acceptors (Lipinski definition) is 5. The van der Waals surface area contributed by atoms with Crippen molar-refractivity contribution >= 4 is 33.6 Å². The number of thioether (sulfide) groups is 1. The summed E-state index contributed by atoms with van der Waals surface area (Å²) in [7, 11) is -1.43. The normalized spacial score (nSPS) is 20.5. The Balaban J connectivity index is 1.62. The van der Waals surface area contributed by atoms with Gasteiger partial charge in [-0.3, -0.25) is 9.59 Å². The van der Waals surface area contributed by atoms with Gasteiger partial charge in [-0.1, -0.05) is 31.4 Å². The van der Waals surface area contributed by atoms with Crippen LogP contribution in [-0.2, 0) is 14.8 Å². The Bertz CT molecular complexity index is 884. The monoisotopic (exact) mass is 467 g/mol. The van der Waals surface area contributed by atoms with Gasteiger partial charge in [0.2, 0.25) is 15.9 Å². The third-order valence-electron chi connectivity index (χ3n) is 6.07. The quantitative estimate of drug-likeness (QED) is 0.623. The predicted octanol–water partition coefficient (Wildman–Crippen LogP) is 2.72. The average Bonchev–Trinajstić information content (AvgIpc) is 2.76. The summed E-state index contributed by atoms with van der Waals surface area (Å²) in [5.74, 6) is 0.279. The van der Waals surface area contributed by atoms with Gasteiger partial charge in [0, 0.05) is 37.1 Å². The lowest BCUT2D eigenvalue weighted by Gasteiger charge is -2.33. The van der Waals surface area contributed by atoms with Crippen LogP contribution in [0.3, 0.4) is 0 Å². The van der Waals surface area contributed by atoms with E-state index in [0.29, 0.717) is 30.4 Å². The van der Waals surface area contributed by atoms with E-state index in [0.717, 1.165) is 36.8 Å². The van der Waals surface area contributed by atoms with Crippen LogP contribution in [0.25, 0.3) is 0 Å². The molecule has 7 nitrogen and oxygen atoms in total. The molecular weight excluding hydrogens is 434 g/mol. The summed E-state index contributed by atoms with van der Waals surface area (Å²) >= 11 is 1.40. The number of carbonyl (C=O) groups is 2. The van der Waals surface area contributed by atoms with Crippen LogP contribution in [0.5, 0.6) is 0 Å².